The Morgan fingerprint density at radius 3 is 2.00 bits per heavy atom. The number of amides is 2. The van der Waals surface area contributed by atoms with Crippen molar-refractivity contribution in [2.75, 3.05) is 6.54 Å². The van der Waals surface area contributed by atoms with Crippen LogP contribution in [-0.4, -0.2) is 18.4 Å². The van der Waals surface area contributed by atoms with E-state index in [9.17, 15) is 14.0 Å². The fourth-order valence-electron chi connectivity index (χ4n) is 2.93. The second-order valence-electron chi connectivity index (χ2n) is 6.82. The predicted octanol–water partition coefficient (Wildman–Crippen LogP) is 4.04. The van der Waals surface area contributed by atoms with Crippen LogP contribution in [0.3, 0.4) is 0 Å². The van der Waals surface area contributed by atoms with Crippen molar-refractivity contribution >= 4 is 11.8 Å². The summed E-state index contributed by atoms with van der Waals surface area (Å²) in [6, 6.07) is 20.6. The number of rotatable bonds is 7. The lowest BCUT2D eigenvalue weighted by atomic mass is 10.1. The van der Waals surface area contributed by atoms with E-state index in [4.69, 9.17) is 0 Å². The maximum atomic E-state index is 12.9. The van der Waals surface area contributed by atoms with E-state index < -0.39 is 0 Å². The van der Waals surface area contributed by atoms with Gasteiger partial charge in [-0.25, -0.2) is 4.39 Å². The predicted molar refractivity (Wildman–Crippen MR) is 111 cm³/mol. The molecule has 29 heavy (non-hydrogen) atoms. The lowest BCUT2D eigenvalue weighted by Gasteiger charge is -2.09. The fraction of sp³-hybridized carbons (Fsp3) is 0.167. The molecule has 3 aromatic carbocycles. The summed E-state index contributed by atoms with van der Waals surface area (Å²) in [6.07, 6.45) is 0.616. The number of hydrogen-bond donors (Lipinski definition) is 2. The summed E-state index contributed by atoms with van der Waals surface area (Å²) in [5.74, 6) is -0.670. The molecule has 0 aliphatic rings. The van der Waals surface area contributed by atoms with Crippen LogP contribution >= 0.6 is 0 Å². The third kappa shape index (κ3) is 5.75. The first kappa shape index (κ1) is 20.3. The van der Waals surface area contributed by atoms with Crippen LogP contribution in [0.15, 0.2) is 72.8 Å². The Hall–Kier alpha value is -3.47. The number of carbonyl (C=O) groups excluding carboxylic acids is 2. The molecule has 0 atom stereocenters. The van der Waals surface area contributed by atoms with Gasteiger partial charge in [-0.2, -0.15) is 0 Å². The van der Waals surface area contributed by atoms with Crippen molar-refractivity contribution < 1.29 is 14.0 Å². The smallest absolute Gasteiger partial charge is 0.251 e. The minimum Gasteiger partial charge on any atom is -0.352 e. The molecule has 0 bridgehead atoms. The van der Waals surface area contributed by atoms with E-state index in [1.165, 1.54) is 12.1 Å². The van der Waals surface area contributed by atoms with Gasteiger partial charge in [0.15, 0.2) is 0 Å². The summed E-state index contributed by atoms with van der Waals surface area (Å²) in [5, 5.41) is 5.73. The molecule has 0 spiro atoms. The van der Waals surface area contributed by atoms with Gasteiger partial charge in [-0.1, -0.05) is 36.4 Å². The van der Waals surface area contributed by atoms with Crippen molar-refractivity contribution in [1.82, 2.24) is 10.6 Å². The number of nitrogens with one attached hydrogen (secondary N) is 2. The molecule has 0 saturated carbocycles. The summed E-state index contributed by atoms with van der Waals surface area (Å²) in [4.78, 5) is 24.6. The van der Waals surface area contributed by atoms with Crippen LogP contribution in [0.1, 0.15) is 37.4 Å². The fourth-order valence-corrected chi connectivity index (χ4v) is 2.93. The van der Waals surface area contributed by atoms with Crippen molar-refractivity contribution in [2.24, 2.45) is 0 Å². The van der Waals surface area contributed by atoms with E-state index in [0.717, 1.165) is 16.7 Å². The molecule has 0 aromatic heterocycles. The SMILES string of the molecule is Cc1ccccc1CNC(=O)c1ccc(C(=O)NCCc2ccc(F)cc2)cc1. The van der Waals surface area contributed by atoms with E-state index in [2.05, 4.69) is 10.6 Å². The van der Waals surface area contributed by atoms with Crippen molar-refractivity contribution in [3.8, 4) is 0 Å². The zero-order valence-corrected chi connectivity index (χ0v) is 16.2. The maximum Gasteiger partial charge on any atom is 0.251 e. The summed E-state index contributed by atoms with van der Waals surface area (Å²) in [6.45, 7) is 2.91. The molecule has 3 aromatic rings. The van der Waals surface area contributed by atoms with Gasteiger partial charge < -0.3 is 10.6 Å². The molecular weight excluding hydrogens is 367 g/mol. The Morgan fingerprint density at radius 2 is 1.38 bits per heavy atom. The molecule has 0 saturated heterocycles. The van der Waals surface area contributed by atoms with Crippen molar-refractivity contribution in [3.63, 3.8) is 0 Å². The van der Waals surface area contributed by atoms with Gasteiger partial charge in [-0.05, 0) is 66.4 Å². The van der Waals surface area contributed by atoms with Gasteiger partial charge in [-0.3, -0.25) is 9.59 Å². The van der Waals surface area contributed by atoms with Crippen LogP contribution < -0.4 is 10.6 Å². The van der Waals surface area contributed by atoms with E-state index in [-0.39, 0.29) is 17.6 Å². The average Bonchev–Trinajstić information content (AvgIpc) is 2.74. The molecule has 148 valence electrons. The zero-order chi connectivity index (χ0) is 20.6. The van der Waals surface area contributed by atoms with E-state index in [0.29, 0.717) is 30.6 Å². The third-order valence-corrected chi connectivity index (χ3v) is 4.72. The highest BCUT2D eigenvalue weighted by molar-refractivity contribution is 5.97. The van der Waals surface area contributed by atoms with Gasteiger partial charge in [-0.15, -0.1) is 0 Å². The zero-order valence-electron chi connectivity index (χ0n) is 16.2. The Labute approximate surface area is 169 Å². The first-order valence-electron chi connectivity index (χ1n) is 9.48. The summed E-state index contributed by atoms with van der Waals surface area (Å²) in [5.41, 5.74) is 4.13. The molecule has 3 rings (SSSR count). The Kier molecular flexibility index (Phi) is 6.74. The Balaban J connectivity index is 1.49. The minimum atomic E-state index is -0.277. The number of aryl methyl sites for hydroxylation is 1. The normalized spacial score (nSPS) is 10.4. The summed E-state index contributed by atoms with van der Waals surface area (Å²) < 4.78 is 12.9. The molecule has 2 amide bonds. The first-order chi connectivity index (χ1) is 14.0. The van der Waals surface area contributed by atoms with Crippen LogP contribution in [0.5, 0.6) is 0 Å². The molecule has 0 radical (unpaired) electrons. The number of halogens is 1. The highest BCUT2D eigenvalue weighted by Crippen LogP contribution is 2.09. The molecule has 0 aliphatic heterocycles. The van der Waals surface area contributed by atoms with E-state index in [1.807, 2.05) is 31.2 Å². The Bertz CT molecular complexity index is 983. The monoisotopic (exact) mass is 390 g/mol. The number of benzene rings is 3. The number of hydrogen-bond acceptors (Lipinski definition) is 2. The molecule has 5 heteroatoms. The van der Waals surface area contributed by atoms with Gasteiger partial charge in [0.1, 0.15) is 5.82 Å². The van der Waals surface area contributed by atoms with E-state index >= 15 is 0 Å². The van der Waals surface area contributed by atoms with Gasteiger partial charge in [0.05, 0.1) is 0 Å². The van der Waals surface area contributed by atoms with Gasteiger partial charge in [0, 0.05) is 24.2 Å². The molecule has 4 nitrogen and oxygen atoms in total. The lowest BCUT2D eigenvalue weighted by molar-refractivity contribution is 0.0940. The van der Waals surface area contributed by atoms with Crippen LogP contribution in [0, 0.1) is 12.7 Å². The molecular formula is C24H23FN2O2. The summed E-state index contributed by atoms with van der Waals surface area (Å²) >= 11 is 0. The topological polar surface area (TPSA) is 58.2 Å². The quantitative estimate of drug-likeness (QED) is 0.640. The third-order valence-electron chi connectivity index (χ3n) is 4.72. The molecule has 0 heterocycles. The molecule has 2 N–H and O–H groups in total. The average molecular weight is 390 g/mol. The van der Waals surface area contributed by atoms with Crippen molar-refractivity contribution in [2.45, 2.75) is 19.9 Å². The first-order valence-corrected chi connectivity index (χ1v) is 9.48. The second-order valence-corrected chi connectivity index (χ2v) is 6.82. The standard InChI is InChI=1S/C24H23FN2O2/c1-17-4-2-3-5-21(17)16-27-24(29)20-10-8-19(9-11-20)23(28)26-15-14-18-6-12-22(25)13-7-18/h2-13H,14-16H2,1H3,(H,26,28)(H,27,29). The van der Waals surface area contributed by atoms with Crippen molar-refractivity contribution in [1.29, 1.82) is 0 Å². The van der Waals surface area contributed by atoms with Crippen LogP contribution in [0.25, 0.3) is 0 Å². The van der Waals surface area contributed by atoms with Gasteiger partial charge in [0.25, 0.3) is 11.8 Å². The van der Waals surface area contributed by atoms with Crippen LogP contribution in [0.4, 0.5) is 4.39 Å². The van der Waals surface area contributed by atoms with Crippen molar-refractivity contribution in [3.05, 3.63) is 106 Å². The minimum absolute atomic E-state index is 0.184. The van der Waals surface area contributed by atoms with Gasteiger partial charge >= 0.3 is 0 Å². The Morgan fingerprint density at radius 1 is 0.793 bits per heavy atom. The molecule has 0 unspecified atom stereocenters. The molecule has 0 fully saturated rings. The van der Waals surface area contributed by atoms with Crippen LogP contribution in [0.2, 0.25) is 0 Å². The summed E-state index contributed by atoms with van der Waals surface area (Å²) in [7, 11) is 0. The van der Waals surface area contributed by atoms with Gasteiger partial charge in [0.2, 0.25) is 0 Å². The largest absolute Gasteiger partial charge is 0.352 e. The highest BCUT2D eigenvalue weighted by atomic mass is 19.1. The lowest BCUT2D eigenvalue weighted by Crippen LogP contribution is -2.26. The second kappa shape index (κ2) is 9.64. The van der Waals surface area contributed by atoms with Crippen LogP contribution in [-0.2, 0) is 13.0 Å². The maximum absolute atomic E-state index is 12.9. The molecule has 0 aliphatic carbocycles. The number of carbonyl (C=O) groups is 2. The highest BCUT2D eigenvalue weighted by Gasteiger charge is 2.09. The van der Waals surface area contributed by atoms with E-state index in [1.54, 1.807) is 36.4 Å².